The molecule has 0 aromatic carbocycles. The SMILES string of the molecule is CCCCCCCCCCCC(=O)N1N2CCCCN1N2C(=O)CCCCCCCCCCC. The molecule has 0 unspecified atom stereocenters. The summed E-state index contributed by atoms with van der Waals surface area (Å²) in [5, 5.41) is 7.32. The van der Waals surface area contributed by atoms with Crippen molar-refractivity contribution in [2.75, 3.05) is 13.1 Å². The van der Waals surface area contributed by atoms with Gasteiger partial charge in [-0.3, -0.25) is 9.59 Å². The lowest BCUT2D eigenvalue weighted by atomic mass is 10.1. The number of rotatable bonds is 20. The van der Waals surface area contributed by atoms with Crippen LogP contribution < -0.4 is 0 Å². The number of carbonyl (C=O) groups is 2. The number of hydrogen-bond donors (Lipinski definition) is 0. The van der Waals surface area contributed by atoms with Gasteiger partial charge in [0.25, 0.3) is 11.8 Å². The Morgan fingerprint density at radius 2 is 0.765 bits per heavy atom. The van der Waals surface area contributed by atoms with Gasteiger partial charge in [-0.1, -0.05) is 127 Å². The molecule has 3 aliphatic rings. The molecule has 34 heavy (non-hydrogen) atoms. The molecule has 3 fully saturated rings. The topological polar surface area (TPSA) is 47.1 Å². The van der Waals surface area contributed by atoms with Crippen LogP contribution in [0.4, 0.5) is 0 Å². The second-order valence-corrected chi connectivity index (χ2v) is 10.4. The second kappa shape index (κ2) is 18.2. The van der Waals surface area contributed by atoms with Gasteiger partial charge in [-0.2, -0.15) is 10.2 Å². The van der Waals surface area contributed by atoms with E-state index in [1.165, 1.54) is 89.9 Å². The summed E-state index contributed by atoms with van der Waals surface area (Å²) in [7, 11) is 0. The minimum Gasteiger partial charge on any atom is -0.272 e. The first kappa shape index (κ1) is 29.1. The number of unbranched alkanes of at least 4 members (excludes halogenated alkanes) is 16. The normalized spacial score (nSPS) is 19.7. The predicted molar refractivity (Wildman–Crippen MR) is 140 cm³/mol. The zero-order valence-electron chi connectivity index (χ0n) is 22.6. The third-order valence-electron chi connectivity index (χ3n) is 7.28. The summed E-state index contributed by atoms with van der Waals surface area (Å²) in [5.41, 5.74) is 0. The standard InChI is InChI=1S/C28H54N4O2/c1-3-5-7-9-11-13-15-17-19-23-27(33)31-29-25-21-22-26-30(31)32(29)28(34)24-20-18-16-14-12-10-8-6-4-2/h3-26H2,1-2H3. The molecule has 0 saturated carbocycles. The quantitative estimate of drug-likeness (QED) is 0.169. The summed E-state index contributed by atoms with van der Waals surface area (Å²) in [6.45, 7) is 6.05. The van der Waals surface area contributed by atoms with Gasteiger partial charge in [-0.15, -0.1) is 0 Å². The van der Waals surface area contributed by atoms with Gasteiger partial charge in [0.2, 0.25) is 0 Å². The zero-order valence-corrected chi connectivity index (χ0v) is 22.6. The number of carbonyl (C=O) groups excluding carboxylic acids is 2. The maximum atomic E-state index is 12.9. The maximum absolute atomic E-state index is 12.9. The lowest BCUT2D eigenvalue weighted by molar-refractivity contribution is -0.455. The number of hydrogen-bond acceptors (Lipinski definition) is 4. The van der Waals surface area contributed by atoms with Crippen LogP contribution in [-0.2, 0) is 9.59 Å². The molecule has 0 N–H and O–H groups in total. The minimum absolute atomic E-state index is 0.150. The summed E-state index contributed by atoms with van der Waals surface area (Å²) in [6.07, 6.45) is 25.9. The van der Waals surface area contributed by atoms with Gasteiger partial charge in [0.15, 0.2) is 0 Å². The molecule has 6 nitrogen and oxygen atoms in total. The van der Waals surface area contributed by atoms with Crippen molar-refractivity contribution in [3.05, 3.63) is 0 Å². The van der Waals surface area contributed by atoms with Crippen molar-refractivity contribution >= 4 is 11.8 Å². The van der Waals surface area contributed by atoms with Crippen LogP contribution in [0.15, 0.2) is 0 Å². The van der Waals surface area contributed by atoms with Crippen LogP contribution in [0.25, 0.3) is 0 Å². The summed E-state index contributed by atoms with van der Waals surface area (Å²) >= 11 is 0. The molecule has 2 bridgehead atoms. The third-order valence-corrected chi connectivity index (χ3v) is 7.28. The smallest absolute Gasteiger partial charge is 0.254 e. The third kappa shape index (κ3) is 10.2. The van der Waals surface area contributed by atoms with E-state index in [0.29, 0.717) is 12.8 Å². The lowest BCUT2D eigenvalue weighted by Gasteiger charge is -2.57. The highest BCUT2D eigenvalue weighted by atomic mass is 16.3. The molecule has 6 heteroatoms. The summed E-state index contributed by atoms with van der Waals surface area (Å²) in [6, 6.07) is 0. The van der Waals surface area contributed by atoms with E-state index in [0.717, 1.165) is 51.6 Å². The molecule has 3 aliphatic heterocycles. The highest BCUT2D eigenvalue weighted by Crippen LogP contribution is 2.30. The first-order chi connectivity index (χ1) is 16.7. The molecule has 0 radical (unpaired) electrons. The van der Waals surface area contributed by atoms with Gasteiger partial charge in [-0.25, -0.2) is 0 Å². The van der Waals surface area contributed by atoms with Crippen LogP contribution in [-0.4, -0.2) is 45.4 Å². The van der Waals surface area contributed by atoms with Crippen molar-refractivity contribution in [1.82, 2.24) is 20.5 Å². The van der Waals surface area contributed by atoms with Crippen molar-refractivity contribution in [3.63, 3.8) is 0 Å². The van der Waals surface area contributed by atoms with Crippen LogP contribution in [0.5, 0.6) is 0 Å². The Morgan fingerprint density at radius 1 is 0.471 bits per heavy atom. The van der Waals surface area contributed by atoms with Crippen LogP contribution in [0.2, 0.25) is 0 Å². The molecule has 3 rings (SSSR count). The van der Waals surface area contributed by atoms with Crippen LogP contribution >= 0.6 is 0 Å². The zero-order chi connectivity index (χ0) is 24.4. The Labute approximate surface area is 210 Å². The first-order valence-electron chi connectivity index (χ1n) is 14.9. The van der Waals surface area contributed by atoms with Gasteiger partial charge in [0, 0.05) is 25.9 Å². The molecule has 2 amide bonds. The highest BCUT2D eigenvalue weighted by molar-refractivity contribution is 5.79. The highest BCUT2D eigenvalue weighted by Gasteiger charge is 2.49. The van der Waals surface area contributed by atoms with Crippen LogP contribution in [0.1, 0.15) is 155 Å². The number of hydrazine groups is 4. The van der Waals surface area contributed by atoms with E-state index < -0.39 is 0 Å². The summed E-state index contributed by atoms with van der Waals surface area (Å²) in [5.74, 6) is 0.300. The molecule has 3 saturated heterocycles. The maximum Gasteiger partial charge on any atom is 0.254 e. The van der Waals surface area contributed by atoms with Crippen molar-refractivity contribution in [2.24, 2.45) is 0 Å². The predicted octanol–water partition coefficient (Wildman–Crippen LogP) is 7.56. The monoisotopic (exact) mass is 478 g/mol. The Morgan fingerprint density at radius 3 is 1.09 bits per heavy atom. The lowest BCUT2D eigenvalue weighted by Crippen LogP contribution is -2.79. The van der Waals surface area contributed by atoms with E-state index in [2.05, 4.69) is 13.8 Å². The van der Waals surface area contributed by atoms with E-state index in [4.69, 9.17) is 0 Å². The molecular formula is C28H54N4O2. The Kier molecular flexibility index (Phi) is 15.6. The van der Waals surface area contributed by atoms with Gasteiger partial charge in [-0.05, 0) is 25.7 Å². The fourth-order valence-electron chi connectivity index (χ4n) is 5.14. The Balaban J connectivity index is 1.59. The van der Waals surface area contributed by atoms with E-state index in [-0.39, 0.29) is 11.8 Å². The fourth-order valence-corrected chi connectivity index (χ4v) is 5.14. The number of fused-ring (bicyclic) bond motifs is 3. The Hall–Kier alpha value is -1.14. The van der Waals surface area contributed by atoms with Gasteiger partial charge in [0.1, 0.15) is 0 Å². The van der Waals surface area contributed by atoms with Crippen molar-refractivity contribution in [2.45, 2.75) is 155 Å². The molecule has 0 atom stereocenters. The summed E-state index contributed by atoms with van der Waals surface area (Å²) in [4.78, 5) is 25.8. The number of nitrogens with zero attached hydrogens (tertiary/aromatic N) is 4. The van der Waals surface area contributed by atoms with Gasteiger partial charge < -0.3 is 0 Å². The first-order valence-corrected chi connectivity index (χ1v) is 14.9. The van der Waals surface area contributed by atoms with Crippen molar-refractivity contribution < 1.29 is 9.59 Å². The average Bonchev–Trinajstić information content (AvgIpc) is 3.18. The van der Waals surface area contributed by atoms with Gasteiger partial charge >= 0.3 is 0 Å². The van der Waals surface area contributed by atoms with E-state index in [9.17, 15) is 9.59 Å². The van der Waals surface area contributed by atoms with Crippen molar-refractivity contribution in [1.29, 1.82) is 0 Å². The van der Waals surface area contributed by atoms with Crippen LogP contribution in [0, 0.1) is 0 Å². The van der Waals surface area contributed by atoms with Gasteiger partial charge in [0.05, 0.1) is 0 Å². The van der Waals surface area contributed by atoms with Crippen LogP contribution in [0.3, 0.4) is 0 Å². The number of amides is 2. The second-order valence-electron chi connectivity index (χ2n) is 10.4. The molecule has 0 aliphatic carbocycles. The largest absolute Gasteiger partial charge is 0.272 e. The molecular weight excluding hydrogens is 424 g/mol. The Bertz CT molecular complexity index is 501. The molecule has 0 aromatic rings. The van der Waals surface area contributed by atoms with E-state index in [1.807, 2.05) is 10.2 Å². The molecule has 0 aromatic heterocycles. The van der Waals surface area contributed by atoms with E-state index in [1.54, 1.807) is 10.2 Å². The molecule has 0 spiro atoms. The molecule has 3 heterocycles. The average molecular weight is 479 g/mol. The van der Waals surface area contributed by atoms with E-state index >= 15 is 0 Å². The fraction of sp³-hybridized carbons (Fsp3) is 0.929. The molecule has 198 valence electrons. The van der Waals surface area contributed by atoms with Crippen molar-refractivity contribution in [3.8, 4) is 0 Å². The summed E-state index contributed by atoms with van der Waals surface area (Å²) < 4.78 is 0. The minimum atomic E-state index is 0.150.